The Bertz CT molecular complexity index is 485. The van der Waals surface area contributed by atoms with Crippen LogP contribution in [0.15, 0.2) is 24.3 Å². The molecule has 0 heterocycles. The molecule has 0 bridgehead atoms. The third-order valence-corrected chi connectivity index (χ3v) is 4.01. The second-order valence-corrected chi connectivity index (χ2v) is 5.38. The Hall–Kier alpha value is -1.43. The number of aliphatic carboxylic acids is 1. The van der Waals surface area contributed by atoms with E-state index in [9.17, 15) is 20.1 Å². The van der Waals surface area contributed by atoms with Crippen molar-refractivity contribution in [3.05, 3.63) is 35.4 Å². The van der Waals surface area contributed by atoms with Crippen molar-refractivity contribution in [2.45, 2.75) is 36.9 Å². The fourth-order valence-corrected chi connectivity index (χ4v) is 2.57. The smallest absolute Gasteiger partial charge is 0.314 e. The van der Waals surface area contributed by atoms with Crippen LogP contribution in [0.2, 0.25) is 0 Å². The van der Waals surface area contributed by atoms with Gasteiger partial charge in [-0.05, 0) is 44.0 Å². The Morgan fingerprint density at radius 1 is 1.35 bits per heavy atom. The highest BCUT2D eigenvalue weighted by Crippen LogP contribution is 2.50. The molecule has 1 aliphatic carbocycles. The lowest BCUT2D eigenvalue weighted by Gasteiger charge is -2.23. The van der Waals surface area contributed by atoms with Crippen LogP contribution in [-0.4, -0.2) is 41.0 Å². The molecule has 1 saturated carbocycles. The average molecular weight is 279 g/mol. The zero-order valence-corrected chi connectivity index (χ0v) is 11.5. The minimum absolute atomic E-state index is 0.409. The molecule has 0 aromatic heterocycles. The Kier molecular flexibility index (Phi) is 4.42. The van der Waals surface area contributed by atoms with Gasteiger partial charge in [-0.25, -0.2) is 0 Å². The van der Waals surface area contributed by atoms with Crippen LogP contribution in [0.3, 0.4) is 0 Å². The van der Waals surface area contributed by atoms with Crippen LogP contribution >= 0.6 is 0 Å². The largest absolute Gasteiger partial charge is 0.481 e. The SMILES string of the molecule is CNCCC(O)C(O)c1ccccc1C1(C(=O)O)CC1. The van der Waals surface area contributed by atoms with E-state index < -0.39 is 23.6 Å². The van der Waals surface area contributed by atoms with Crippen LogP contribution in [0.4, 0.5) is 0 Å². The molecule has 0 amide bonds. The molecule has 1 aromatic rings. The minimum atomic E-state index is -1.06. The van der Waals surface area contributed by atoms with Crippen LogP contribution in [0.25, 0.3) is 0 Å². The second kappa shape index (κ2) is 5.91. The number of aliphatic hydroxyl groups excluding tert-OH is 2. The summed E-state index contributed by atoms with van der Waals surface area (Å²) in [5, 5.41) is 32.6. The average Bonchev–Trinajstić information content (AvgIpc) is 3.25. The maximum atomic E-state index is 11.4. The topological polar surface area (TPSA) is 89.8 Å². The summed E-state index contributed by atoms with van der Waals surface area (Å²) in [4.78, 5) is 11.4. The van der Waals surface area contributed by atoms with Crippen molar-refractivity contribution in [3.8, 4) is 0 Å². The number of carboxylic acid groups (broad SMARTS) is 1. The predicted molar refractivity (Wildman–Crippen MR) is 74.5 cm³/mol. The van der Waals surface area contributed by atoms with Gasteiger partial charge < -0.3 is 20.6 Å². The lowest BCUT2D eigenvalue weighted by Crippen LogP contribution is -2.27. The summed E-state index contributed by atoms with van der Waals surface area (Å²) in [6.45, 7) is 0.588. The maximum Gasteiger partial charge on any atom is 0.314 e. The summed E-state index contributed by atoms with van der Waals surface area (Å²) >= 11 is 0. The van der Waals surface area contributed by atoms with Crippen LogP contribution < -0.4 is 5.32 Å². The van der Waals surface area contributed by atoms with Crippen molar-refractivity contribution >= 4 is 5.97 Å². The van der Waals surface area contributed by atoms with Gasteiger partial charge in [0.15, 0.2) is 0 Å². The van der Waals surface area contributed by atoms with Gasteiger partial charge in [-0.1, -0.05) is 24.3 Å². The number of nitrogens with one attached hydrogen (secondary N) is 1. The van der Waals surface area contributed by atoms with Crippen molar-refractivity contribution in [1.82, 2.24) is 5.32 Å². The third kappa shape index (κ3) is 2.70. The molecule has 0 spiro atoms. The molecule has 1 aromatic carbocycles. The van der Waals surface area contributed by atoms with E-state index in [1.165, 1.54) is 0 Å². The standard InChI is InChI=1S/C15H21NO4/c1-16-9-6-12(17)13(18)10-4-2-3-5-11(10)15(7-8-15)14(19)20/h2-5,12-13,16-18H,6-9H2,1H3,(H,19,20). The van der Waals surface area contributed by atoms with E-state index in [2.05, 4.69) is 5.32 Å². The minimum Gasteiger partial charge on any atom is -0.481 e. The van der Waals surface area contributed by atoms with Crippen LogP contribution in [0.1, 0.15) is 36.5 Å². The molecule has 1 fully saturated rings. The highest BCUT2D eigenvalue weighted by atomic mass is 16.4. The van der Waals surface area contributed by atoms with Crippen molar-refractivity contribution in [2.75, 3.05) is 13.6 Å². The quantitative estimate of drug-likeness (QED) is 0.593. The Balaban J connectivity index is 2.26. The van der Waals surface area contributed by atoms with E-state index in [1.807, 2.05) is 0 Å². The first kappa shape index (κ1) is 15.0. The normalized spacial score (nSPS) is 19.4. The number of hydrogen-bond acceptors (Lipinski definition) is 4. The Morgan fingerprint density at radius 2 is 2.00 bits per heavy atom. The number of rotatable bonds is 7. The van der Waals surface area contributed by atoms with Gasteiger partial charge in [0.25, 0.3) is 0 Å². The van der Waals surface area contributed by atoms with Crippen molar-refractivity contribution in [3.63, 3.8) is 0 Å². The molecule has 1 aliphatic rings. The summed E-state index contributed by atoms with van der Waals surface area (Å²) in [6.07, 6.45) is -0.395. The lowest BCUT2D eigenvalue weighted by molar-refractivity contribution is -0.140. The monoisotopic (exact) mass is 279 g/mol. The van der Waals surface area contributed by atoms with Gasteiger partial charge >= 0.3 is 5.97 Å². The van der Waals surface area contributed by atoms with E-state index in [0.29, 0.717) is 36.9 Å². The first-order valence-corrected chi connectivity index (χ1v) is 6.86. The summed E-state index contributed by atoms with van der Waals surface area (Å²) < 4.78 is 0. The molecule has 110 valence electrons. The number of carbonyl (C=O) groups is 1. The van der Waals surface area contributed by atoms with Crippen molar-refractivity contribution in [2.24, 2.45) is 0 Å². The highest BCUT2D eigenvalue weighted by Gasteiger charge is 2.53. The van der Waals surface area contributed by atoms with Gasteiger partial charge in [-0.15, -0.1) is 0 Å². The van der Waals surface area contributed by atoms with Gasteiger partial charge in [-0.2, -0.15) is 0 Å². The number of benzene rings is 1. The molecule has 0 radical (unpaired) electrons. The van der Waals surface area contributed by atoms with Gasteiger partial charge in [0.1, 0.15) is 6.10 Å². The number of hydrogen-bond donors (Lipinski definition) is 4. The van der Waals surface area contributed by atoms with Gasteiger partial charge in [0.05, 0.1) is 11.5 Å². The fraction of sp³-hybridized carbons (Fsp3) is 0.533. The summed E-state index contributed by atoms with van der Waals surface area (Å²) in [7, 11) is 1.77. The van der Waals surface area contributed by atoms with Gasteiger partial charge in [0, 0.05) is 0 Å². The van der Waals surface area contributed by atoms with E-state index in [-0.39, 0.29) is 0 Å². The molecule has 5 heteroatoms. The van der Waals surface area contributed by atoms with Gasteiger partial charge in [0.2, 0.25) is 0 Å². The van der Waals surface area contributed by atoms with E-state index in [0.717, 1.165) is 0 Å². The molecule has 2 rings (SSSR count). The fourth-order valence-electron chi connectivity index (χ4n) is 2.57. The number of aliphatic hydroxyl groups is 2. The zero-order valence-electron chi connectivity index (χ0n) is 11.5. The van der Waals surface area contributed by atoms with E-state index >= 15 is 0 Å². The maximum absolute atomic E-state index is 11.4. The Morgan fingerprint density at radius 3 is 2.55 bits per heavy atom. The van der Waals surface area contributed by atoms with Crippen LogP contribution in [0.5, 0.6) is 0 Å². The summed E-state index contributed by atoms with van der Waals surface area (Å²) in [5.74, 6) is -0.859. The summed E-state index contributed by atoms with van der Waals surface area (Å²) in [5.41, 5.74) is 0.278. The predicted octanol–water partition coefficient (Wildman–Crippen LogP) is 0.807. The Labute approximate surface area is 118 Å². The molecular weight excluding hydrogens is 258 g/mol. The van der Waals surface area contributed by atoms with Crippen molar-refractivity contribution in [1.29, 1.82) is 0 Å². The van der Waals surface area contributed by atoms with Gasteiger partial charge in [-0.3, -0.25) is 4.79 Å². The van der Waals surface area contributed by atoms with E-state index in [1.54, 1.807) is 31.3 Å². The molecular formula is C15H21NO4. The molecule has 5 nitrogen and oxygen atoms in total. The molecule has 2 atom stereocenters. The zero-order chi connectivity index (χ0) is 14.8. The summed E-state index contributed by atoms with van der Waals surface area (Å²) in [6, 6.07) is 6.97. The first-order valence-electron chi connectivity index (χ1n) is 6.86. The molecule has 4 N–H and O–H groups in total. The second-order valence-electron chi connectivity index (χ2n) is 5.38. The molecule has 2 unspecified atom stereocenters. The molecule has 20 heavy (non-hydrogen) atoms. The molecule has 0 aliphatic heterocycles. The van der Waals surface area contributed by atoms with E-state index in [4.69, 9.17) is 0 Å². The molecule has 0 saturated heterocycles. The highest BCUT2D eigenvalue weighted by molar-refractivity contribution is 5.85. The van der Waals surface area contributed by atoms with Crippen molar-refractivity contribution < 1.29 is 20.1 Å². The lowest BCUT2D eigenvalue weighted by atomic mass is 9.87. The number of carboxylic acids is 1. The first-order chi connectivity index (χ1) is 9.53. The third-order valence-electron chi connectivity index (χ3n) is 4.01. The van der Waals surface area contributed by atoms with Crippen LogP contribution in [-0.2, 0) is 10.2 Å². The van der Waals surface area contributed by atoms with Crippen LogP contribution in [0, 0.1) is 0 Å².